The molecule has 33 heavy (non-hydrogen) atoms. The smallest absolute Gasteiger partial charge is 0.292 e. The summed E-state index contributed by atoms with van der Waals surface area (Å²) in [5, 5.41) is 1.29. The molecular formula is C27H35N3O3. The van der Waals surface area contributed by atoms with E-state index in [-0.39, 0.29) is 5.56 Å². The van der Waals surface area contributed by atoms with Crippen LogP contribution in [0.5, 0.6) is 5.75 Å². The molecule has 0 amide bonds. The first kappa shape index (κ1) is 22.2. The number of nitrogens with one attached hydrogen (secondary N) is 1. The fourth-order valence-electron chi connectivity index (χ4n) is 5.52. The van der Waals surface area contributed by atoms with E-state index in [4.69, 9.17) is 9.47 Å². The zero-order chi connectivity index (χ0) is 23.3. The van der Waals surface area contributed by atoms with Gasteiger partial charge in [-0.15, -0.1) is 0 Å². The van der Waals surface area contributed by atoms with E-state index in [2.05, 4.69) is 41.9 Å². The molecule has 1 aromatic carbocycles. The molecule has 0 spiro atoms. The number of benzene rings is 1. The highest BCUT2D eigenvalue weighted by atomic mass is 16.5. The van der Waals surface area contributed by atoms with Crippen LogP contribution in [0.3, 0.4) is 0 Å². The first-order chi connectivity index (χ1) is 15.9. The molecular weight excluding hydrogens is 414 g/mol. The molecule has 6 nitrogen and oxygen atoms in total. The molecule has 2 aliphatic heterocycles. The van der Waals surface area contributed by atoms with Crippen LogP contribution in [0.1, 0.15) is 55.3 Å². The number of pyridine rings is 1. The number of aromatic amines is 1. The SMILES string of the molecule is COc1cc(-c2[nH]c3ccc(C4CCN(C5COC5)CC4)cc3c2C(C)C)c(C)n(C)c1=O. The number of likely N-dealkylation sites (tertiary alicyclic amines) is 1. The minimum atomic E-state index is -0.108. The Labute approximate surface area is 195 Å². The van der Waals surface area contributed by atoms with Crippen LogP contribution in [0.15, 0.2) is 29.1 Å². The van der Waals surface area contributed by atoms with Crippen molar-refractivity contribution in [1.82, 2.24) is 14.5 Å². The minimum absolute atomic E-state index is 0.108. The molecule has 176 valence electrons. The summed E-state index contributed by atoms with van der Waals surface area (Å²) in [6.45, 7) is 10.6. The topological polar surface area (TPSA) is 59.5 Å². The summed E-state index contributed by atoms with van der Waals surface area (Å²) in [5.41, 5.74) is 6.82. The number of hydrogen-bond donors (Lipinski definition) is 1. The fraction of sp³-hybridized carbons (Fsp3) is 0.519. The largest absolute Gasteiger partial charge is 0.491 e. The van der Waals surface area contributed by atoms with Crippen molar-refractivity contribution >= 4 is 10.9 Å². The van der Waals surface area contributed by atoms with Crippen molar-refractivity contribution in [3.63, 3.8) is 0 Å². The van der Waals surface area contributed by atoms with Gasteiger partial charge in [-0.1, -0.05) is 19.9 Å². The second-order valence-corrected chi connectivity index (χ2v) is 9.95. The summed E-state index contributed by atoms with van der Waals surface area (Å²) >= 11 is 0. The van der Waals surface area contributed by atoms with E-state index in [0.717, 1.165) is 48.8 Å². The lowest BCUT2D eigenvalue weighted by molar-refractivity contribution is -0.0712. The van der Waals surface area contributed by atoms with Crippen molar-refractivity contribution in [2.24, 2.45) is 7.05 Å². The van der Waals surface area contributed by atoms with Gasteiger partial charge in [0.15, 0.2) is 5.75 Å². The van der Waals surface area contributed by atoms with Gasteiger partial charge in [-0.05, 0) is 74.0 Å². The zero-order valence-electron chi connectivity index (χ0n) is 20.4. The van der Waals surface area contributed by atoms with Gasteiger partial charge in [0.25, 0.3) is 5.56 Å². The van der Waals surface area contributed by atoms with Crippen LogP contribution in [0.2, 0.25) is 0 Å². The Balaban J connectivity index is 1.54. The third kappa shape index (κ3) is 3.79. The lowest BCUT2D eigenvalue weighted by Gasteiger charge is -2.41. The Morgan fingerprint density at radius 3 is 2.48 bits per heavy atom. The molecule has 0 aliphatic carbocycles. The predicted molar refractivity (Wildman–Crippen MR) is 133 cm³/mol. The second kappa shape index (κ2) is 8.65. The average molecular weight is 450 g/mol. The minimum Gasteiger partial charge on any atom is -0.491 e. The monoisotopic (exact) mass is 449 g/mol. The Kier molecular flexibility index (Phi) is 5.83. The summed E-state index contributed by atoms with van der Waals surface area (Å²) < 4.78 is 12.5. The third-order valence-corrected chi connectivity index (χ3v) is 7.75. The average Bonchev–Trinajstić information content (AvgIpc) is 3.16. The van der Waals surface area contributed by atoms with Crippen LogP contribution in [0.4, 0.5) is 0 Å². The molecule has 2 fully saturated rings. The number of nitrogens with zero attached hydrogens (tertiary/aromatic N) is 2. The van der Waals surface area contributed by atoms with Crippen molar-refractivity contribution in [1.29, 1.82) is 0 Å². The van der Waals surface area contributed by atoms with E-state index in [1.165, 1.54) is 29.4 Å². The molecule has 6 heteroatoms. The van der Waals surface area contributed by atoms with E-state index < -0.39 is 0 Å². The molecule has 2 aliphatic rings. The normalized spacial score (nSPS) is 18.2. The predicted octanol–water partition coefficient (Wildman–Crippen LogP) is 4.55. The number of piperidine rings is 1. The van der Waals surface area contributed by atoms with Crippen LogP contribution in [0.25, 0.3) is 22.2 Å². The highest BCUT2D eigenvalue weighted by molar-refractivity contribution is 5.92. The van der Waals surface area contributed by atoms with E-state index in [1.807, 2.05) is 20.0 Å². The summed E-state index contributed by atoms with van der Waals surface area (Å²) in [6.07, 6.45) is 2.40. The van der Waals surface area contributed by atoms with Crippen LogP contribution in [-0.2, 0) is 11.8 Å². The zero-order valence-corrected chi connectivity index (χ0v) is 20.4. The van der Waals surface area contributed by atoms with Gasteiger partial charge in [0, 0.05) is 29.2 Å². The second-order valence-electron chi connectivity index (χ2n) is 9.95. The molecule has 0 saturated carbocycles. The standard InChI is InChI=1S/C27H35N3O3/c1-16(2)25-22-12-19(18-8-10-30(11-9-18)20-14-33-15-20)6-7-23(22)28-26(25)21-13-24(32-5)27(31)29(4)17(21)3/h6-7,12-13,16,18,20,28H,8-11,14-15H2,1-5H3. The van der Waals surface area contributed by atoms with Crippen molar-refractivity contribution in [2.45, 2.75) is 51.5 Å². The molecule has 0 bridgehead atoms. The highest BCUT2D eigenvalue weighted by Crippen LogP contribution is 2.39. The van der Waals surface area contributed by atoms with Gasteiger partial charge in [-0.25, -0.2) is 0 Å². The van der Waals surface area contributed by atoms with Gasteiger partial charge in [-0.2, -0.15) is 0 Å². The number of hydrogen-bond acceptors (Lipinski definition) is 4. The van der Waals surface area contributed by atoms with Gasteiger partial charge in [0.05, 0.1) is 32.1 Å². The Morgan fingerprint density at radius 1 is 1.15 bits per heavy atom. The number of aromatic nitrogens is 2. The van der Waals surface area contributed by atoms with Gasteiger partial charge < -0.3 is 19.0 Å². The first-order valence-electron chi connectivity index (χ1n) is 12.1. The summed E-state index contributed by atoms with van der Waals surface area (Å²) in [6, 6.07) is 9.46. The maximum Gasteiger partial charge on any atom is 0.292 e. The lowest BCUT2D eigenvalue weighted by atomic mass is 9.87. The van der Waals surface area contributed by atoms with Gasteiger partial charge >= 0.3 is 0 Å². The van der Waals surface area contributed by atoms with Crippen LogP contribution < -0.4 is 10.3 Å². The quantitative estimate of drug-likeness (QED) is 0.621. The van der Waals surface area contributed by atoms with Crippen LogP contribution in [0, 0.1) is 6.92 Å². The summed E-state index contributed by atoms with van der Waals surface area (Å²) in [4.78, 5) is 18.8. The van der Waals surface area contributed by atoms with E-state index in [0.29, 0.717) is 23.6 Å². The van der Waals surface area contributed by atoms with Crippen LogP contribution in [-0.4, -0.2) is 53.9 Å². The molecule has 1 N–H and O–H groups in total. The van der Waals surface area contributed by atoms with Crippen LogP contribution >= 0.6 is 0 Å². The number of fused-ring (bicyclic) bond motifs is 1. The van der Waals surface area contributed by atoms with Gasteiger partial charge in [0.1, 0.15) is 0 Å². The number of methoxy groups -OCH3 is 1. The first-order valence-corrected chi connectivity index (χ1v) is 12.1. The molecule has 2 aromatic heterocycles. The Morgan fingerprint density at radius 2 is 1.88 bits per heavy atom. The highest BCUT2D eigenvalue weighted by Gasteiger charge is 2.30. The van der Waals surface area contributed by atoms with Gasteiger partial charge in [0.2, 0.25) is 0 Å². The third-order valence-electron chi connectivity index (χ3n) is 7.75. The van der Waals surface area contributed by atoms with E-state index in [9.17, 15) is 4.79 Å². The molecule has 5 rings (SSSR count). The number of rotatable bonds is 5. The Bertz CT molecular complexity index is 1230. The summed E-state index contributed by atoms with van der Waals surface area (Å²) in [7, 11) is 3.36. The van der Waals surface area contributed by atoms with E-state index >= 15 is 0 Å². The molecule has 3 aromatic rings. The maximum atomic E-state index is 12.5. The number of ether oxygens (including phenoxy) is 2. The Hall–Kier alpha value is -2.57. The molecule has 4 heterocycles. The maximum absolute atomic E-state index is 12.5. The van der Waals surface area contributed by atoms with E-state index in [1.54, 1.807) is 11.7 Å². The fourth-order valence-corrected chi connectivity index (χ4v) is 5.52. The van der Waals surface area contributed by atoms with Gasteiger partial charge in [-0.3, -0.25) is 9.69 Å². The summed E-state index contributed by atoms with van der Waals surface area (Å²) in [5.74, 6) is 1.31. The van der Waals surface area contributed by atoms with Crippen molar-refractivity contribution < 1.29 is 9.47 Å². The van der Waals surface area contributed by atoms with Crippen molar-refractivity contribution in [3.05, 3.63) is 51.4 Å². The molecule has 2 saturated heterocycles. The lowest BCUT2D eigenvalue weighted by Crippen LogP contribution is -2.51. The molecule has 0 unspecified atom stereocenters. The molecule has 0 atom stereocenters. The van der Waals surface area contributed by atoms with Crippen molar-refractivity contribution in [3.8, 4) is 17.0 Å². The number of H-pyrrole nitrogens is 1. The van der Waals surface area contributed by atoms with Crippen molar-refractivity contribution in [2.75, 3.05) is 33.4 Å². The molecule has 0 radical (unpaired) electrons.